The summed E-state index contributed by atoms with van der Waals surface area (Å²) in [6.45, 7) is 19.3. The smallest absolute Gasteiger partial charge is 0.0637 e. The molecule has 7 heteroatoms. The molecule has 0 bridgehead atoms. The van der Waals surface area contributed by atoms with E-state index in [4.69, 9.17) is 30.4 Å². The topological polar surface area (TPSA) is 101 Å². The highest BCUT2D eigenvalue weighted by Gasteiger charge is 2.64. The van der Waals surface area contributed by atoms with Gasteiger partial charge in [0, 0.05) is 39.0 Å². The summed E-state index contributed by atoms with van der Waals surface area (Å²) >= 11 is 0. The second kappa shape index (κ2) is 24.2. The van der Waals surface area contributed by atoms with Gasteiger partial charge in [-0.3, -0.25) is 0 Å². The second-order valence-electron chi connectivity index (χ2n) is 17.2. The number of nitrogens with one attached hydrogen (secondary N) is 1. The maximum atomic E-state index is 7.04. The summed E-state index contributed by atoms with van der Waals surface area (Å²) in [6, 6.07) is 0. The molecule has 3 fully saturated rings. The summed E-state index contributed by atoms with van der Waals surface area (Å²) in [5, 5.41) is 3.77. The number of rotatable bonds is 29. The van der Waals surface area contributed by atoms with E-state index in [0.29, 0.717) is 54.9 Å². The van der Waals surface area contributed by atoms with Crippen molar-refractivity contribution in [3.8, 4) is 0 Å². The van der Waals surface area contributed by atoms with Crippen LogP contribution in [0.2, 0.25) is 0 Å². The normalized spacial score (nSPS) is 32.2. The molecule has 50 heavy (non-hydrogen) atoms. The van der Waals surface area contributed by atoms with Gasteiger partial charge in [0.1, 0.15) is 0 Å². The van der Waals surface area contributed by atoms with Gasteiger partial charge in [-0.05, 0) is 151 Å². The molecule has 5 N–H and O–H groups in total. The maximum absolute atomic E-state index is 7.04. The van der Waals surface area contributed by atoms with Gasteiger partial charge in [-0.15, -0.1) is 0 Å². The Morgan fingerprint density at radius 3 is 2.22 bits per heavy atom. The van der Waals surface area contributed by atoms with Gasteiger partial charge in [-0.2, -0.15) is 0 Å². The predicted molar refractivity (Wildman–Crippen MR) is 210 cm³/mol. The molecular formula is C43H85N3O4. The van der Waals surface area contributed by atoms with Crippen molar-refractivity contribution in [2.45, 2.75) is 175 Å². The van der Waals surface area contributed by atoms with Crippen LogP contribution in [0.1, 0.15) is 157 Å². The number of fused-ring (bicyclic) bond motifs is 3. The van der Waals surface area contributed by atoms with E-state index in [-0.39, 0.29) is 16.9 Å². The van der Waals surface area contributed by atoms with E-state index < -0.39 is 0 Å². The van der Waals surface area contributed by atoms with Crippen molar-refractivity contribution in [1.82, 2.24) is 5.32 Å². The third kappa shape index (κ3) is 12.7. The Hall–Kier alpha value is -0.280. The lowest BCUT2D eigenvalue weighted by Gasteiger charge is -2.61. The average Bonchev–Trinajstić information content (AvgIpc) is 3.48. The second-order valence-corrected chi connectivity index (χ2v) is 17.2. The van der Waals surface area contributed by atoms with E-state index in [1.807, 2.05) is 0 Å². The highest BCUT2D eigenvalue weighted by Crippen LogP contribution is 2.67. The number of hydrogen-bond donors (Lipinski definition) is 3. The molecule has 296 valence electrons. The number of hydrogen-bond acceptors (Lipinski definition) is 7. The molecule has 0 amide bonds. The summed E-state index contributed by atoms with van der Waals surface area (Å²) in [5.41, 5.74) is 12.2. The van der Waals surface area contributed by atoms with Crippen LogP contribution in [-0.2, 0) is 18.9 Å². The van der Waals surface area contributed by atoms with Crippen LogP contribution in [0.5, 0.6) is 0 Å². The molecule has 0 aliphatic heterocycles. The van der Waals surface area contributed by atoms with Gasteiger partial charge >= 0.3 is 0 Å². The Kier molecular flexibility index (Phi) is 21.3. The maximum Gasteiger partial charge on any atom is 0.0637 e. The Labute approximate surface area is 310 Å². The van der Waals surface area contributed by atoms with Gasteiger partial charge in [-0.25, -0.2) is 0 Å². The van der Waals surface area contributed by atoms with Crippen LogP contribution in [0.3, 0.4) is 0 Å². The highest BCUT2D eigenvalue weighted by molar-refractivity contribution is 5.13. The molecule has 10 atom stereocenters. The summed E-state index contributed by atoms with van der Waals surface area (Å²) in [4.78, 5) is 0. The highest BCUT2D eigenvalue weighted by atomic mass is 16.5. The number of ether oxygens (including phenoxy) is 4. The summed E-state index contributed by atoms with van der Waals surface area (Å²) in [5.74, 6) is 3.22. The van der Waals surface area contributed by atoms with E-state index >= 15 is 0 Å². The van der Waals surface area contributed by atoms with Crippen molar-refractivity contribution in [1.29, 1.82) is 0 Å². The standard InChI is InChI=1S/C43H85N3O4/c1-7-9-10-11-12-13-27-46-28-14-18-34(3)36-19-20-37-41-38(33-40(43(36,37)5)50-31-16-26-45)42(4,23-21-35(8-2)48-30-15-25-44)24-22-39(41)49-32-17-29-47-6/h34-41,46H,7-33,44-45H2,1-6H3/t34-,35+,36-,37+,38+,39-,40+,41?,42+,43-/m1/s1. The fourth-order valence-corrected chi connectivity index (χ4v) is 10.9. The Morgan fingerprint density at radius 1 is 0.760 bits per heavy atom. The van der Waals surface area contributed by atoms with Gasteiger partial charge in [0.25, 0.3) is 0 Å². The summed E-state index contributed by atoms with van der Waals surface area (Å²) in [7, 11) is 1.80. The molecule has 0 saturated heterocycles. The monoisotopic (exact) mass is 708 g/mol. The first kappa shape index (κ1) is 44.1. The third-order valence-electron chi connectivity index (χ3n) is 13.9. The molecule has 7 nitrogen and oxygen atoms in total. The molecule has 3 aliphatic rings. The molecular weight excluding hydrogens is 622 g/mol. The largest absolute Gasteiger partial charge is 0.385 e. The van der Waals surface area contributed by atoms with Crippen LogP contribution in [0, 0.1) is 40.4 Å². The minimum absolute atomic E-state index is 0.171. The van der Waals surface area contributed by atoms with Crippen LogP contribution in [0.4, 0.5) is 0 Å². The summed E-state index contributed by atoms with van der Waals surface area (Å²) < 4.78 is 25.7. The third-order valence-corrected chi connectivity index (χ3v) is 13.9. The lowest BCUT2D eigenvalue weighted by Crippen LogP contribution is -2.60. The first-order valence-corrected chi connectivity index (χ1v) is 21.7. The molecule has 0 aromatic heterocycles. The van der Waals surface area contributed by atoms with E-state index in [2.05, 4.69) is 39.9 Å². The SMILES string of the molecule is CCCCCCCCNCCC[C@@H](C)[C@H]1CC[C@H]2C3[C@H](OCCCOC)CC[C@](C)(CC[C@H](CC)OCCCN)[C@H]3C[C@H](OCCCN)[C@]12C. The Morgan fingerprint density at radius 2 is 1.48 bits per heavy atom. The van der Waals surface area contributed by atoms with E-state index in [0.717, 1.165) is 71.5 Å². The van der Waals surface area contributed by atoms with Gasteiger partial charge in [0.15, 0.2) is 0 Å². The average molecular weight is 708 g/mol. The minimum atomic E-state index is 0.171. The first-order valence-electron chi connectivity index (χ1n) is 21.7. The van der Waals surface area contributed by atoms with Crippen LogP contribution in [-0.4, -0.2) is 78.0 Å². The van der Waals surface area contributed by atoms with Crippen LogP contribution < -0.4 is 16.8 Å². The fourth-order valence-electron chi connectivity index (χ4n) is 10.9. The first-order chi connectivity index (χ1) is 24.3. The predicted octanol–water partition coefficient (Wildman–Crippen LogP) is 8.90. The molecule has 0 radical (unpaired) electrons. The minimum Gasteiger partial charge on any atom is -0.385 e. The van der Waals surface area contributed by atoms with Crippen molar-refractivity contribution in [3.63, 3.8) is 0 Å². The molecule has 0 aromatic carbocycles. The zero-order valence-electron chi connectivity index (χ0n) is 34.0. The summed E-state index contributed by atoms with van der Waals surface area (Å²) in [6.07, 6.45) is 24.2. The Balaban J connectivity index is 1.75. The molecule has 0 spiro atoms. The van der Waals surface area contributed by atoms with E-state index in [9.17, 15) is 0 Å². The van der Waals surface area contributed by atoms with Crippen molar-refractivity contribution in [2.75, 3.05) is 59.7 Å². The number of nitrogens with two attached hydrogens (primary N) is 2. The van der Waals surface area contributed by atoms with Gasteiger partial charge in [0.05, 0.1) is 18.3 Å². The molecule has 0 aromatic rings. The number of methoxy groups -OCH3 is 1. The molecule has 0 heterocycles. The van der Waals surface area contributed by atoms with Gasteiger partial charge in [-0.1, -0.05) is 66.7 Å². The molecule has 3 saturated carbocycles. The van der Waals surface area contributed by atoms with Crippen molar-refractivity contribution in [2.24, 2.45) is 51.9 Å². The number of unbranched alkanes of at least 4 members (excludes halogenated alkanes) is 5. The fraction of sp³-hybridized carbons (Fsp3) is 1.00. The zero-order valence-corrected chi connectivity index (χ0v) is 34.0. The quantitative estimate of drug-likeness (QED) is 0.0668. The van der Waals surface area contributed by atoms with E-state index in [1.54, 1.807) is 7.11 Å². The van der Waals surface area contributed by atoms with Crippen LogP contribution in [0.15, 0.2) is 0 Å². The lowest BCUT2D eigenvalue weighted by atomic mass is 9.46. The Bertz CT molecular complexity index is 864. The zero-order chi connectivity index (χ0) is 36.2. The van der Waals surface area contributed by atoms with E-state index in [1.165, 1.54) is 90.0 Å². The van der Waals surface area contributed by atoms with Crippen molar-refractivity contribution >= 4 is 0 Å². The van der Waals surface area contributed by atoms with Crippen molar-refractivity contribution in [3.05, 3.63) is 0 Å². The molecule has 3 rings (SSSR count). The van der Waals surface area contributed by atoms with Gasteiger partial charge in [0.2, 0.25) is 0 Å². The van der Waals surface area contributed by atoms with Crippen molar-refractivity contribution < 1.29 is 18.9 Å². The molecule has 1 unspecified atom stereocenters. The van der Waals surface area contributed by atoms with Crippen LogP contribution >= 0.6 is 0 Å². The van der Waals surface area contributed by atoms with Crippen LogP contribution in [0.25, 0.3) is 0 Å². The van der Waals surface area contributed by atoms with Gasteiger partial charge < -0.3 is 35.7 Å². The molecule has 3 aliphatic carbocycles. The lowest BCUT2D eigenvalue weighted by molar-refractivity contribution is -0.205.